The van der Waals surface area contributed by atoms with Crippen LogP contribution in [0.3, 0.4) is 0 Å². The van der Waals surface area contributed by atoms with Crippen LogP contribution in [0.25, 0.3) is 0 Å². The van der Waals surface area contributed by atoms with E-state index in [4.69, 9.17) is 4.74 Å². The van der Waals surface area contributed by atoms with Gasteiger partial charge in [0.15, 0.2) is 0 Å². The minimum absolute atomic E-state index is 0.0821. The molecule has 3 heteroatoms. The van der Waals surface area contributed by atoms with Crippen LogP contribution >= 0.6 is 0 Å². The number of nitrogens with one attached hydrogen (secondary N) is 1. The number of methoxy groups -OCH3 is 1. The zero-order chi connectivity index (χ0) is 13.5. The number of benzene rings is 1. The molecule has 3 nitrogen and oxygen atoms in total. The molecule has 0 aliphatic heterocycles. The monoisotopic (exact) mass is 263 g/mol. The lowest BCUT2D eigenvalue weighted by Gasteiger charge is -2.26. The highest BCUT2D eigenvalue weighted by molar-refractivity contribution is 5.26. The predicted molar refractivity (Wildman–Crippen MR) is 76.8 cm³/mol. The van der Waals surface area contributed by atoms with Crippen LogP contribution in [0.1, 0.15) is 36.8 Å². The number of aliphatic hydroxyl groups excluding tert-OH is 1. The van der Waals surface area contributed by atoms with Crippen molar-refractivity contribution < 1.29 is 9.84 Å². The molecule has 0 amide bonds. The molecule has 1 aliphatic carbocycles. The maximum atomic E-state index is 9.67. The second-order valence-electron chi connectivity index (χ2n) is 5.52. The molecule has 0 spiro atoms. The molecule has 19 heavy (non-hydrogen) atoms. The molecule has 0 saturated heterocycles. The number of ether oxygens (including phenoxy) is 1. The fraction of sp³-hybridized carbons (Fsp3) is 0.625. The fourth-order valence-electron chi connectivity index (χ4n) is 2.89. The van der Waals surface area contributed by atoms with E-state index >= 15 is 0 Å². The fourth-order valence-corrected chi connectivity index (χ4v) is 2.89. The Balaban J connectivity index is 1.78. The molecule has 1 saturated carbocycles. The summed E-state index contributed by atoms with van der Waals surface area (Å²) in [4.78, 5) is 0. The second kappa shape index (κ2) is 7.63. The van der Waals surface area contributed by atoms with Crippen LogP contribution in [-0.4, -0.2) is 24.9 Å². The van der Waals surface area contributed by atoms with Gasteiger partial charge in [0.1, 0.15) is 0 Å². The summed E-state index contributed by atoms with van der Waals surface area (Å²) < 4.78 is 5.22. The smallest absolute Gasteiger partial charge is 0.0716 e. The molecule has 2 rings (SSSR count). The van der Waals surface area contributed by atoms with Gasteiger partial charge in [-0.15, -0.1) is 0 Å². The molecule has 1 aliphatic rings. The molecule has 106 valence electrons. The first-order valence-electron chi connectivity index (χ1n) is 7.24. The normalized spacial score (nSPS) is 23.5. The topological polar surface area (TPSA) is 41.5 Å². The van der Waals surface area contributed by atoms with Gasteiger partial charge >= 0.3 is 0 Å². The van der Waals surface area contributed by atoms with Gasteiger partial charge in [-0.2, -0.15) is 0 Å². The summed E-state index contributed by atoms with van der Waals surface area (Å²) in [6.45, 7) is 2.55. The van der Waals surface area contributed by atoms with Crippen molar-refractivity contribution in [1.29, 1.82) is 0 Å². The van der Waals surface area contributed by atoms with Crippen LogP contribution < -0.4 is 5.32 Å². The third-order valence-electron chi connectivity index (χ3n) is 3.92. The zero-order valence-electron chi connectivity index (χ0n) is 11.8. The molecule has 0 radical (unpaired) electrons. The highest BCUT2D eigenvalue weighted by Crippen LogP contribution is 2.23. The van der Waals surface area contributed by atoms with Crippen LogP contribution in [0.2, 0.25) is 0 Å². The zero-order valence-corrected chi connectivity index (χ0v) is 11.8. The van der Waals surface area contributed by atoms with Crippen LogP contribution in [0.4, 0.5) is 0 Å². The minimum Gasteiger partial charge on any atom is -0.393 e. The van der Waals surface area contributed by atoms with Crippen molar-refractivity contribution >= 4 is 0 Å². The Hall–Kier alpha value is -0.900. The first-order chi connectivity index (χ1) is 9.29. The Bertz CT molecular complexity index is 381. The molecule has 0 heterocycles. The van der Waals surface area contributed by atoms with Gasteiger partial charge in [0.2, 0.25) is 0 Å². The summed E-state index contributed by atoms with van der Waals surface area (Å²) in [6, 6.07) is 8.39. The van der Waals surface area contributed by atoms with E-state index in [1.807, 2.05) is 0 Å². The molecule has 0 aromatic heterocycles. The minimum atomic E-state index is -0.0821. The first kappa shape index (κ1) is 14.5. The average molecular weight is 263 g/mol. The van der Waals surface area contributed by atoms with Gasteiger partial charge < -0.3 is 15.2 Å². The van der Waals surface area contributed by atoms with Crippen LogP contribution in [0, 0.1) is 5.92 Å². The quantitative estimate of drug-likeness (QED) is 0.828. The summed E-state index contributed by atoms with van der Waals surface area (Å²) in [5, 5.41) is 13.2. The van der Waals surface area contributed by atoms with E-state index in [1.165, 1.54) is 17.5 Å². The number of hydrogen-bond donors (Lipinski definition) is 2. The van der Waals surface area contributed by atoms with E-state index in [0.29, 0.717) is 12.5 Å². The number of aliphatic hydroxyl groups is 1. The second-order valence-corrected chi connectivity index (χ2v) is 5.52. The Morgan fingerprint density at radius 3 is 2.79 bits per heavy atom. The molecule has 2 atom stereocenters. The summed E-state index contributed by atoms with van der Waals surface area (Å²) in [7, 11) is 1.73. The Morgan fingerprint density at radius 2 is 2.05 bits per heavy atom. The summed E-state index contributed by atoms with van der Waals surface area (Å²) in [5.74, 6) is 0.623. The van der Waals surface area contributed by atoms with E-state index < -0.39 is 0 Å². The maximum absolute atomic E-state index is 9.67. The van der Waals surface area contributed by atoms with Crippen LogP contribution in [0.5, 0.6) is 0 Å². The van der Waals surface area contributed by atoms with E-state index in [2.05, 4.69) is 29.6 Å². The molecule has 1 fully saturated rings. The average Bonchev–Trinajstić information content (AvgIpc) is 2.41. The Kier molecular flexibility index (Phi) is 5.83. The third-order valence-corrected chi connectivity index (χ3v) is 3.92. The SMILES string of the molecule is COCc1ccccc1CNCC1CCCC(O)C1. The van der Waals surface area contributed by atoms with Gasteiger partial charge in [0.25, 0.3) is 0 Å². The van der Waals surface area contributed by atoms with Crippen molar-refractivity contribution in [3.63, 3.8) is 0 Å². The number of rotatable bonds is 6. The Morgan fingerprint density at radius 1 is 1.26 bits per heavy atom. The maximum Gasteiger partial charge on any atom is 0.0716 e. The van der Waals surface area contributed by atoms with Crippen molar-refractivity contribution in [2.75, 3.05) is 13.7 Å². The number of hydrogen-bond acceptors (Lipinski definition) is 3. The molecular weight excluding hydrogens is 238 g/mol. The van der Waals surface area contributed by atoms with E-state index in [-0.39, 0.29) is 6.10 Å². The molecular formula is C16H25NO2. The van der Waals surface area contributed by atoms with Crippen molar-refractivity contribution in [3.05, 3.63) is 35.4 Å². The lowest BCUT2D eigenvalue weighted by atomic mass is 9.87. The van der Waals surface area contributed by atoms with Gasteiger partial charge in [0, 0.05) is 13.7 Å². The van der Waals surface area contributed by atoms with Crippen molar-refractivity contribution in [1.82, 2.24) is 5.32 Å². The van der Waals surface area contributed by atoms with Crippen molar-refractivity contribution in [3.8, 4) is 0 Å². The van der Waals surface area contributed by atoms with Gasteiger partial charge in [0.05, 0.1) is 12.7 Å². The molecule has 2 unspecified atom stereocenters. The predicted octanol–water partition coefficient (Wildman–Crippen LogP) is 2.47. The highest BCUT2D eigenvalue weighted by Gasteiger charge is 2.19. The van der Waals surface area contributed by atoms with E-state index in [0.717, 1.165) is 32.4 Å². The van der Waals surface area contributed by atoms with Crippen LogP contribution in [-0.2, 0) is 17.9 Å². The summed E-state index contributed by atoms with van der Waals surface area (Å²) >= 11 is 0. The lowest BCUT2D eigenvalue weighted by molar-refractivity contribution is 0.101. The van der Waals surface area contributed by atoms with Crippen LogP contribution in [0.15, 0.2) is 24.3 Å². The molecule has 1 aromatic carbocycles. The largest absolute Gasteiger partial charge is 0.393 e. The van der Waals surface area contributed by atoms with Crippen molar-refractivity contribution in [2.24, 2.45) is 5.92 Å². The van der Waals surface area contributed by atoms with Gasteiger partial charge in [-0.3, -0.25) is 0 Å². The Labute approximate surface area is 116 Å². The standard InChI is InChI=1S/C16H25NO2/c1-19-12-15-7-3-2-6-14(15)11-17-10-13-5-4-8-16(18)9-13/h2-3,6-7,13,16-18H,4-5,8-12H2,1H3. The van der Waals surface area contributed by atoms with Gasteiger partial charge in [-0.05, 0) is 42.9 Å². The van der Waals surface area contributed by atoms with E-state index in [9.17, 15) is 5.11 Å². The molecule has 2 N–H and O–H groups in total. The summed E-state index contributed by atoms with van der Waals surface area (Å²) in [5.41, 5.74) is 2.56. The van der Waals surface area contributed by atoms with Gasteiger partial charge in [-0.25, -0.2) is 0 Å². The molecule has 0 bridgehead atoms. The van der Waals surface area contributed by atoms with Crippen molar-refractivity contribution in [2.45, 2.75) is 44.9 Å². The first-order valence-corrected chi connectivity index (χ1v) is 7.24. The lowest BCUT2D eigenvalue weighted by Crippen LogP contribution is -2.29. The summed E-state index contributed by atoms with van der Waals surface area (Å²) in [6.07, 6.45) is 4.25. The van der Waals surface area contributed by atoms with E-state index in [1.54, 1.807) is 7.11 Å². The third kappa shape index (κ3) is 4.60. The van der Waals surface area contributed by atoms with Gasteiger partial charge in [-0.1, -0.05) is 30.7 Å². The molecule has 1 aromatic rings. The highest BCUT2D eigenvalue weighted by atomic mass is 16.5.